The van der Waals surface area contributed by atoms with Gasteiger partial charge in [-0.15, -0.1) is 10.2 Å². The summed E-state index contributed by atoms with van der Waals surface area (Å²) in [4.78, 5) is 28.0. The van der Waals surface area contributed by atoms with Gasteiger partial charge in [-0.05, 0) is 48.7 Å². The molecule has 1 aliphatic heterocycles. The van der Waals surface area contributed by atoms with Gasteiger partial charge in [-0.25, -0.2) is 9.59 Å². The molecule has 0 aliphatic carbocycles. The number of hydrogen-bond acceptors (Lipinski definition) is 8. The van der Waals surface area contributed by atoms with E-state index in [0.717, 1.165) is 17.7 Å². The topological polar surface area (TPSA) is 95.8 Å². The van der Waals surface area contributed by atoms with Crippen LogP contribution in [0, 0.1) is 6.92 Å². The van der Waals surface area contributed by atoms with E-state index >= 15 is 0 Å². The Labute approximate surface area is 185 Å². The predicted octanol–water partition coefficient (Wildman–Crippen LogP) is 2.69. The van der Waals surface area contributed by atoms with Gasteiger partial charge in [0.25, 0.3) is 0 Å². The fraction of sp³-hybridized carbons (Fsp3) is 0.304. The second-order valence-corrected chi connectivity index (χ2v) is 7.35. The number of ether oxygens (including phenoxy) is 3. The molecule has 0 fully saturated rings. The predicted molar refractivity (Wildman–Crippen MR) is 117 cm³/mol. The number of benzene rings is 2. The number of aryl methyl sites for hydroxylation is 2. The first kappa shape index (κ1) is 21.5. The minimum Gasteiger partial charge on any atom is -0.466 e. The van der Waals surface area contributed by atoms with Crippen LogP contribution in [0.3, 0.4) is 0 Å². The molecule has 4 rings (SSSR count). The van der Waals surface area contributed by atoms with Crippen LogP contribution in [0.5, 0.6) is 0 Å². The normalized spacial score (nSPS) is 14.1. The van der Waals surface area contributed by atoms with Crippen LogP contribution in [0.15, 0.2) is 47.7 Å². The van der Waals surface area contributed by atoms with Crippen LogP contribution >= 0.6 is 0 Å². The van der Waals surface area contributed by atoms with E-state index in [1.54, 1.807) is 9.70 Å². The molecule has 0 spiro atoms. The van der Waals surface area contributed by atoms with Gasteiger partial charge in [0.2, 0.25) is 0 Å². The van der Waals surface area contributed by atoms with Crippen molar-refractivity contribution in [1.29, 1.82) is 0 Å². The number of methoxy groups -OCH3 is 2. The number of carbonyl (C=O) groups is 2. The zero-order valence-electron chi connectivity index (χ0n) is 18.4. The molecule has 9 heteroatoms. The molecule has 1 aromatic heterocycles. The zero-order chi connectivity index (χ0) is 22.8. The Kier molecular flexibility index (Phi) is 5.91. The van der Waals surface area contributed by atoms with Crippen molar-refractivity contribution in [2.45, 2.75) is 20.3 Å². The van der Waals surface area contributed by atoms with Crippen molar-refractivity contribution in [1.82, 2.24) is 15.0 Å². The third kappa shape index (κ3) is 3.82. The molecule has 0 atom stereocenters. The Morgan fingerprint density at radius 1 is 1.03 bits per heavy atom. The molecule has 2 heterocycles. The van der Waals surface area contributed by atoms with Crippen LogP contribution in [0.4, 0.5) is 5.69 Å². The lowest BCUT2D eigenvalue weighted by Gasteiger charge is -2.32. The van der Waals surface area contributed by atoms with Gasteiger partial charge >= 0.3 is 11.9 Å². The Morgan fingerprint density at radius 2 is 1.69 bits per heavy atom. The SMILES string of the molecule is CCc1ccc(-n2nc3cc(C)c(N4COCC(C(=O)OC)=C4C(=O)OC)cc3n2)cc1. The summed E-state index contributed by atoms with van der Waals surface area (Å²) in [5.74, 6) is -1.29. The Balaban J connectivity index is 1.80. The van der Waals surface area contributed by atoms with E-state index in [0.29, 0.717) is 16.7 Å². The lowest BCUT2D eigenvalue weighted by Crippen LogP contribution is -2.39. The van der Waals surface area contributed by atoms with Gasteiger partial charge in [-0.3, -0.25) is 0 Å². The second kappa shape index (κ2) is 8.80. The summed E-state index contributed by atoms with van der Waals surface area (Å²) in [7, 11) is 2.52. The van der Waals surface area contributed by atoms with E-state index in [4.69, 9.17) is 14.2 Å². The van der Waals surface area contributed by atoms with Crippen LogP contribution in [0.25, 0.3) is 16.7 Å². The number of anilines is 1. The average Bonchev–Trinajstić information content (AvgIpc) is 3.24. The van der Waals surface area contributed by atoms with E-state index in [1.807, 2.05) is 43.3 Å². The van der Waals surface area contributed by atoms with Crippen LogP contribution in [0.1, 0.15) is 18.1 Å². The van der Waals surface area contributed by atoms with Crippen molar-refractivity contribution >= 4 is 28.7 Å². The van der Waals surface area contributed by atoms with E-state index in [2.05, 4.69) is 17.1 Å². The molecule has 0 saturated carbocycles. The maximum absolute atomic E-state index is 12.6. The Bertz CT molecular complexity index is 1210. The number of esters is 2. The molecule has 9 nitrogen and oxygen atoms in total. The molecule has 0 unspecified atom stereocenters. The summed E-state index contributed by atoms with van der Waals surface area (Å²) in [6, 6.07) is 11.8. The summed E-state index contributed by atoms with van der Waals surface area (Å²) in [5, 5.41) is 9.20. The summed E-state index contributed by atoms with van der Waals surface area (Å²) in [5.41, 5.74) is 5.12. The number of nitrogens with zero attached hydrogens (tertiary/aromatic N) is 4. The summed E-state index contributed by atoms with van der Waals surface area (Å²) in [6.07, 6.45) is 0.957. The lowest BCUT2D eigenvalue weighted by atomic mass is 10.1. The highest BCUT2D eigenvalue weighted by molar-refractivity contribution is 6.04. The first-order valence-corrected chi connectivity index (χ1v) is 10.2. The number of fused-ring (bicyclic) bond motifs is 1. The third-order valence-corrected chi connectivity index (χ3v) is 5.40. The Hall–Kier alpha value is -3.72. The van der Waals surface area contributed by atoms with Crippen molar-refractivity contribution in [3.05, 3.63) is 58.8 Å². The van der Waals surface area contributed by atoms with E-state index in [-0.39, 0.29) is 24.6 Å². The van der Waals surface area contributed by atoms with Crippen molar-refractivity contribution in [3.8, 4) is 5.69 Å². The number of rotatable bonds is 5. The van der Waals surface area contributed by atoms with E-state index in [9.17, 15) is 9.59 Å². The highest BCUT2D eigenvalue weighted by atomic mass is 16.5. The number of hydrogen-bond donors (Lipinski definition) is 0. The van der Waals surface area contributed by atoms with Crippen LogP contribution in [-0.4, -0.2) is 54.5 Å². The average molecular weight is 436 g/mol. The molecular formula is C23H24N4O5. The van der Waals surface area contributed by atoms with E-state index in [1.165, 1.54) is 19.8 Å². The monoisotopic (exact) mass is 436 g/mol. The molecule has 0 saturated heterocycles. The largest absolute Gasteiger partial charge is 0.466 e. The summed E-state index contributed by atoms with van der Waals surface area (Å²) >= 11 is 0. The molecule has 1 aliphatic rings. The van der Waals surface area contributed by atoms with Gasteiger partial charge in [0.15, 0.2) is 0 Å². The molecule has 0 radical (unpaired) electrons. The van der Waals surface area contributed by atoms with Gasteiger partial charge in [-0.2, -0.15) is 4.80 Å². The van der Waals surface area contributed by atoms with Gasteiger partial charge in [-0.1, -0.05) is 19.1 Å². The molecule has 166 valence electrons. The quantitative estimate of drug-likeness (QED) is 0.564. The van der Waals surface area contributed by atoms with Crippen molar-refractivity contribution in [2.75, 3.05) is 32.5 Å². The zero-order valence-corrected chi connectivity index (χ0v) is 18.4. The summed E-state index contributed by atoms with van der Waals surface area (Å²) in [6.45, 7) is 4.03. The first-order valence-electron chi connectivity index (χ1n) is 10.2. The van der Waals surface area contributed by atoms with Gasteiger partial charge in [0.1, 0.15) is 23.5 Å². The van der Waals surface area contributed by atoms with Crippen LogP contribution < -0.4 is 4.90 Å². The third-order valence-electron chi connectivity index (χ3n) is 5.40. The van der Waals surface area contributed by atoms with Crippen molar-refractivity contribution in [2.24, 2.45) is 0 Å². The maximum Gasteiger partial charge on any atom is 0.355 e. The van der Waals surface area contributed by atoms with Crippen molar-refractivity contribution < 1.29 is 23.8 Å². The molecule has 2 aromatic carbocycles. The maximum atomic E-state index is 12.6. The molecule has 32 heavy (non-hydrogen) atoms. The number of aromatic nitrogens is 3. The van der Waals surface area contributed by atoms with E-state index < -0.39 is 11.9 Å². The standard InChI is InChI=1S/C23H24N4O5/c1-5-15-6-8-16(9-7-15)27-24-18-10-14(2)20(11-19(18)25-27)26-13-32-12-17(22(28)30-3)21(26)23(29)31-4/h6-11H,5,12-13H2,1-4H3. The van der Waals surface area contributed by atoms with Gasteiger partial charge in [0.05, 0.1) is 32.1 Å². The molecule has 0 bridgehead atoms. The molecule has 0 amide bonds. The fourth-order valence-corrected chi connectivity index (χ4v) is 3.66. The highest BCUT2D eigenvalue weighted by Gasteiger charge is 2.33. The first-order chi connectivity index (χ1) is 15.5. The molecular weight excluding hydrogens is 412 g/mol. The van der Waals surface area contributed by atoms with Gasteiger partial charge < -0.3 is 19.1 Å². The molecule has 3 aromatic rings. The lowest BCUT2D eigenvalue weighted by molar-refractivity contribution is -0.140. The Morgan fingerprint density at radius 3 is 2.31 bits per heavy atom. The van der Waals surface area contributed by atoms with Gasteiger partial charge in [0, 0.05) is 5.69 Å². The van der Waals surface area contributed by atoms with Crippen molar-refractivity contribution in [3.63, 3.8) is 0 Å². The minimum absolute atomic E-state index is 0.0428. The molecule has 0 N–H and O–H groups in total. The highest BCUT2D eigenvalue weighted by Crippen LogP contribution is 2.32. The second-order valence-electron chi connectivity index (χ2n) is 7.35. The van der Waals surface area contributed by atoms with Crippen LogP contribution in [-0.2, 0) is 30.2 Å². The summed E-state index contributed by atoms with van der Waals surface area (Å²) < 4.78 is 15.4. The minimum atomic E-state index is -0.645. The smallest absolute Gasteiger partial charge is 0.355 e. The van der Waals surface area contributed by atoms with Crippen LogP contribution in [0.2, 0.25) is 0 Å². The fourth-order valence-electron chi connectivity index (χ4n) is 3.66. The number of carbonyl (C=O) groups excluding carboxylic acids is 2.